The Bertz CT molecular complexity index is 596. The van der Waals surface area contributed by atoms with E-state index in [4.69, 9.17) is 4.74 Å². The molecular weight excluding hydrogens is 236 g/mol. The fourth-order valence-electron chi connectivity index (χ4n) is 2.80. The number of aliphatic hydroxyl groups is 1. The summed E-state index contributed by atoms with van der Waals surface area (Å²) in [5.41, 5.74) is 5.42. The number of aliphatic hydroxyl groups excluding tert-OH is 1. The van der Waals surface area contributed by atoms with Gasteiger partial charge in [-0.05, 0) is 53.8 Å². The monoisotopic (exact) mass is 254 g/mol. The molecule has 1 unspecified atom stereocenters. The van der Waals surface area contributed by atoms with Crippen LogP contribution in [0.1, 0.15) is 33.9 Å². The van der Waals surface area contributed by atoms with E-state index in [0.29, 0.717) is 0 Å². The molecule has 0 saturated heterocycles. The molecule has 0 aromatic heterocycles. The standard InChI is InChI=1S/C17H18O2/c1-11-4-3-5-12(2)16(11)17(18)14-6-7-15-13(10-14)8-9-19-15/h3-7,10,17-18H,8-9H2,1-2H3. The van der Waals surface area contributed by atoms with Gasteiger partial charge in [0.1, 0.15) is 11.9 Å². The maximum Gasteiger partial charge on any atom is 0.122 e. The average molecular weight is 254 g/mol. The normalized spacial score (nSPS) is 14.9. The van der Waals surface area contributed by atoms with E-state index in [0.717, 1.165) is 41.0 Å². The van der Waals surface area contributed by atoms with Gasteiger partial charge in [-0.3, -0.25) is 0 Å². The van der Waals surface area contributed by atoms with Crippen LogP contribution in [0.3, 0.4) is 0 Å². The van der Waals surface area contributed by atoms with Gasteiger partial charge in [-0.25, -0.2) is 0 Å². The highest BCUT2D eigenvalue weighted by atomic mass is 16.5. The Morgan fingerprint density at radius 3 is 2.58 bits per heavy atom. The minimum atomic E-state index is -0.563. The Hall–Kier alpha value is -1.80. The molecule has 0 amide bonds. The first-order valence-electron chi connectivity index (χ1n) is 6.66. The number of benzene rings is 2. The van der Waals surface area contributed by atoms with Crippen LogP contribution in [0.5, 0.6) is 5.75 Å². The molecule has 0 aliphatic carbocycles. The van der Waals surface area contributed by atoms with Crippen molar-refractivity contribution < 1.29 is 9.84 Å². The maximum atomic E-state index is 10.6. The van der Waals surface area contributed by atoms with Crippen LogP contribution in [0.15, 0.2) is 36.4 Å². The summed E-state index contributed by atoms with van der Waals surface area (Å²) < 4.78 is 5.50. The molecule has 0 saturated carbocycles. The van der Waals surface area contributed by atoms with Crippen molar-refractivity contribution in [2.24, 2.45) is 0 Å². The second-order valence-corrected chi connectivity index (χ2v) is 5.17. The summed E-state index contributed by atoms with van der Waals surface area (Å²) in [5, 5.41) is 10.6. The molecule has 1 heterocycles. The van der Waals surface area contributed by atoms with E-state index in [1.165, 1.54) is 5.56 Å². The van der Waals surface area contributed by atoms with Crippen LogP contribution < -0.4 is 4.74 Å². The first-order chi connectivity index (χ1) is 9.16. The van der Waals surface area contributed by atoms with Crippen LogP contribution in [0.25, 0.3) is 0 Å². The summed E-state index contributed by atoms with van der Waals surface area (Å²) in [5.74, 6) is 0.956. The topological polar surface area (TPSA) is 29.5 Å². The zero-order valence-electron chi connectivity index (χ0n) is 11.3. The lowest BCUT2D eigenvalue weighted by Crippen LogP contribution is -2.04. The minimum absolute atomic E-state index is 0.563. The van der Waals surface area contributed by atoms with Gasteiger partial charge in [0.2, 0.25) is 0 Å². The van der Waals surface area contributed by atoms with Crippen molar-refractivity contribution in [3.63, 3.8) is 0 Å². The Balaban J connectivity index is 2.02. The van der Waals surface area contributed by atoms with Crippen molar-refractivity contribution in [2.45, 2.75) is 26.4 Å². The molecule has 0 radical (unpaired) electrons. The number of hydrogen-bond donors (Lipinski definition) is 1. The summed E-state index contributed by atoms with van der Waals surface area (Å²) in [6.07, 6.45) is 0.370. The molecule has 2 heteroatoms. The van der Waals surface area contributed by atoms with Crippen LogP contribution in [0.2, 0.25) is 0 Å². The molecule has 0 spiro atoms. The highest BCUT2D eigenvalue weighted by Crippen LogP contribution is 2.32. The zero-order chi connectivity index (χ0) is 13.4. The minimum Gasteiger partial charge on any atom is -0.493 e. The van der Waals surface area contributed by atoms with E-state index in [1.54, 1.807) is 0 Å². The van der Waals surface area contributed by atoms with Gasteiger partial charge in [0.05, 0.1) is 6.61 Å². The summed E-state index contributed by atoms with van der Waals surface area (Å²) in [6, 6.07) is 12.1. The van der Waals surface area contributed by atoms with Crippen LogP contribution in [0.4, 0.5) is 0 Å². The molecular formula is C17H18O2. The van der Waals surface area contributed by atoms with Gasteiger partial charge in [-0.15, -0.1) is 0 Å². The predicted octanol–water partition coefficient (Wildman–Crippen LogP) is 3.32. The van der Waals surface area contributed by atoms with Crippen molar-refractivity contribution in [1.29, 1.82) is 0 Å². The highest BCUT2D eigenvalue weighted by Gasteiger charge is 2.18. The van der Waals surface area contributed by atoms with Crippen molar-refractivity contribution in [3.05, 3.63) is 64.2 Å². The third-order valence-electron chi connectivity index (χ3n) is 3.84. The molecule has 2 aromatic carbocycles. The third kappa shape index (κ3) is 2.13. The lowest BCUT2D eigenvalue weighted by Gasteiger charge is -2.17. The van der Waals surface area contributed by atoms with Gasteiger partial charge in [-0.2, -0.15) is 0 Å². The Morgan fingerprint density at radius 2 is 1.84 bits per heavy atom. The van der Waals surface area contributed by atoms with E-state index in [2.05, 4.69) is 6.07 Å². The molecule has 1 aliphatic rings. The van der Waals surface area contributed by atoms with Crippen LogP contribution in [0, 0.1) is 13.8 Å². The smallest absolute Gasteiger partial charge is 0.122 e. The molecule has 1 N–H and O–H groups in total. The number of fused-ring (bicyclic) bond motifs is 1. The summed E-state index contributed by atoms with van der Waals surface area (Å²) in [6.45, 7) is 4.84. The molecule has 0 bridgehead atoms. The van der Waals surface area contributed by atoms with Crippen LogP contribution in [-0.4, -0.2) is 11.7 Å². The maximum absolute atomic E-state index is 10.6. The lowest BCUT2D eigenvalue weighted by atomic mass is 9.92. The molecule has 19 heavy (non-hydrogen) atoms. The Kier molecular flexibility index (Phi) is 3.03. The van der Waals surface area contributed by atoms with Gasteiger partial charge in [0, 0.05) is 6.42 Å². The van der Waals surface area contributed by atoms with Gasteiger partial charge in [0.25, 0.3) is 0 Å². The zero-order valence-corrected chi connectivity index (χ0v) is 11.3. The summed E-state index contributed by atoms with van der Waals surface area (Å²) >= 11 is 0. The fraction of sp³-hybridized carbons (Fsp3) is 0.294. The van der Waals surface area contributed by atoms with Gasteiger partial charge < -0.3 is 9.84 Å². The quantitative estimate of drug-likeness (QED) is 0.890. The van der Waals surface area contributed by atoms with E-state index < -0.39 is 6.10 Å². The third-order valence-corrected chi connectivity index (χ3v) is 3.84. The number of hydrogen-bond acceptors (Lipinski definition) is 2. The molecule has 0 fully saturated rings. The van der Waals surface area contributed by atoms with Gasteiger partial charge in [0.15, 0.2) is 0 Å². The van der Waals surface area contributed by atoms with E-state index in [-0.39, 0.29) is 0 Å². The SMILES string of the molecule is Cc1cccc(C)c1C(O)c1ccc2c(c1)CCO2. The number of aryl methyl sites for hydroxylation is 2. The van der Waals surface area contributed by atoms with E-state index in [1.807, 2.05) is 44.2 Å². The molecule has 1 atom stereocenters. The van der Waals surface area contributed by atoms with E-state index in [9.17, 15) is 5.11 Å². The fourth-order valence-corrected chi connectivity index (χ4v) is 2.80. The van der Waals surface area contributed by atoms with Crippen LogP contribution >= 0.6 is 0 Å². The van der Waals surface area contributed by atoms with Gasteiger partial charge >= 0.3 is 0 Å². The second kappa shape index (κ2) is 4.71. The average Bonchev–Trinajstić information content (AvgIpc) is 2.85. The molecule has 1 aliphatic heterocycles. The molecule has 3 rings (SSSR count). The Morgan fingerprint density at radius 1 is 1.11 bits per heavy atom. The molecule has 98 valence electrons. The van der Waals surface area contributed by atoms with Crippen molar-refractivity contribution in [3.8, 4) is 5.75 Å². The van der Waals surface area contributed by atoms with Crippen molar-refractivity contribution in [1.82, 2.24) is 0 Å². The van der Waals surface area contributed by atoms with Crippen LogP contribution in [-0.2, 0) is 6.42 Å². The second-order valence-electron chi connectivity index (χ2n) is 5.17. The summed E-state index contributed by atoms with van der Waals surface area (Å²) in [4.78, 5) is 0. The first kappa shape index (κ1) is 12.2. The number of rotatable bonds is 2. The van der Waals surface area contributed by atoms with E-state index >= 15 is 0 Å². The largest absolute Gasteiger partial charge is 0.493 e. The number of ether oxygens (including phenoxy) is 1. The molecule has 2 nitrogen and oxygen atoms in total. The summed E-state index contributed by atoms with van der Waals surface area (Å²) in [7, 11) is 0. The first-order valence-corrected chi connectivity index (χ1v) is 6.66. The highest BCUT2D eigenvalue weighted by molar-refractivity contribution is 5.45. The van der Waals surface area contributed by atoms with Gasteiger partial charge in [-0.1, -0.05) is 24.3 Å². The predicted molar refractivity (Wildman–Crippen MR) is 75.6 cm³/mol. The van der Waals surface area contributed by atoms with Crippen molar-refractivity contribution >= 4 is 0 Å². The lowest BCUT2D eigenvalue weighted by molar-refractivity contribution is 0.218. The Labute approximate surface area is 113 Å². The molecule has 2 aromatic rings. The van der Waals surface area contributed by atoms with Crippen molar-refractivity contribution in [2.75, 3.05) is 6.61 Å².